The van der Waals surface area contributed by atoms with E-state index < -0.39 is 0 Å². The van der Waals surface area contributed by atoms with Gasteiger partial charge in [-0.15, -0.1) is 0 Å². The number of phenolic OH excluding ortho intramolecular Hbond substituents is 1. The Morgan fingerprint density at radius 2 is 2.05 bits per heavy atom. The third kappa shape index (κ3) is 6.25. The van der Waals surface area contributed by atoms with Gasteiger partial charge >= 0.3 is 0 Å². The van der Waals surface area contributed by atoms with Crippen molar-refractivity contribution in [1.29, 1.82) is 0 Å². The molecular formula is C16H26BrNO2. The predicted octanol–water partition coefficient (Wildman–Crippen LogP) is 4.26. The van der Waals surface area contributed by atoms with Crippen LogP contribution < -0.4 is 5.32 Å². The molecule has 114 valence electrons. The molecule has 2 N–H and O–H groups in total. The van der Waals surface area contributed by atoms with Crippen LogP contribution in [0.2, 0.25) is 0 Å². The van der Waals surface area contributed by atoms with Crippen LogP contribution in [0.15, 0.2) is 22.7 Å². The van der Waals surface area contributed by atoms with Crippen LogP contribution in [-0.2, 0) is 4.74 Å². The first kappa shape index (κ1) is 17.5. The number of phenols is 1. The smallest absolute Gasteiger partial charge is 0.120 e. The molecule has 0 aromatic heterocycles. The maximum Gasteiger partial charge on any atom is 0.120 e. The average Bonchev–Trinajstić information content (AvgIpc) is 2.41. The van der Waals surface area contributed by atoms with Crippen molar-refractivity contribution in [2.45, 2.75) is 39.7 Å². The molecule has 20 heavy (non-hydrogen) atoms. The highest BCUT2D eigenvalue weighted by atomic mass is 79.9. The van der Waals surface area contributed by atoms with Crippen molar-refractivity contribution < 1.29 is 9.84 Å². The summed E-state index contributed by atoms with van der Waals surface area (Å²) in [7, 11) is 0. The minimum Gasteiger partial charge on any atom is -0.508 e. The standard InChI is InChI=1S/C16H26BrNO2/c1-4-15(14-11-13(17)5-6-16(14)19)18-8-10-20-9-7-12(2)3/h5-6,11-12,15,18-19H,4,7-10H2,1-3H3. The minimum absolute atomic E-state index is 0.154. The number of aromatic hydroxyl groups is 1. The van der Waals surface area contributed by atoms with Gasteiger partial charge in [-0.3, -0.25) is 0 Å². The summed E-state index contributed by atoms with van der Waals surface area (Å²) in [6, 6.07) is 5.70. The Kier molecular flexibility index (Phi) is 8.19. The maximum absolute atomic E-state index is 9.95. The number of hydrogen-bond acceptors (Lipinski definition) is 3. The molecule has 0 fully saturated rings. The zero-order valence-corrected chi connectivity index (χ0v) is 14.2. The first-order valence-electron chi connectivity index (χ1n) is 7.34. The molecule has 1 aromatic rings. The van der Waals surface area contributed by atoms with E-state index in [9.17, 15) is 5.11 Å². The number of nitrogens with one attached hydrogen (secondary N) is 1. The lowest BCUT2D eigenvalue weighted by Gasteiger charge is -2.19. The van der Waals surface area contributed by atoms with Gasteiger partial charge in [0.25, 0.3) is 0 Å². The molecule has 0 aliphatic carbocycles. The Morgan fingerprint density at radius 1 is 1.30 bits per heavy atom. The van der Waals surface area contributed by atoms with Crippen LogP contribution >= 0.6 is 15.9 Å². The number of halogens is 1. The summed E-state index contributed by atoms with van der Waals surface area (Å²) in [6.45, 7) is 8.83. The molecule has 0 saturated carbocycles. The topological polar surface area (TPSA) is 41.5 Å². The zero-order chi connectivity index (χ0) is 15.0. The summed E-state index contributed by atoms with van der Waals surface area (Å²) in [4.78, 5) is 0. The quantitative estimate of drug-likeness (QED) is 0.658. The normalized spacial score (nSPS) is 12.8. The fraction of sp³-hybridized carbons (Fsp3) is 0.625. The Bertz CT molecular complexity index is 396. The number of hydrogen-bond donors (Lipinski definition) is 2. The second-order valence-electron chi connectivity index (χ2n) is 5.41. The lowest BCUT2D eigenvalue weighted by atomic mass is 10.0. The van der Waals surface area contributed by atoms with Crippen molar-refractivity contribution >= 4 is 15.9 Å². The summed E-state index contributed by atoms with van der Waals surface area (Å²) in [5.41, 5.74) is 0.934. The molecule has 0 bridgehead atoms. The first-order valence-corrected chi connectivity index (χ1v) is 8.13. The van der Waals surface area contributed by atoms with Crippen molar-refractivity contribution in [1.82, 2.24) is 5.32 Å². The van der Waals surface area contributed by atoms with E-state index in [1.54, 1.807) is 6.07 Å². The van der Waals surface area contributed by atoms with Crippen molar-refractivity contribution in [3.63, 3.8) is 0 Å². The van der Waals surface area contributed by atoms with E-state index in [1.807, 2.05) is 12.1 Å². The van der Waals surface area contributed by atoms with Crippen LogP contribution in [0.1, 0.15) is 45.2 Å². The van der Waals surface area contributed by atoms with Crippen LogP contribution in [0.4, 0.5) is 0 Å². The lowest BCUT2D eigenvalue weighted by Crippen LogP contribution is -2.25. The zero-order valence-electron chi connectivity index (χ0n) is 12.7. The molecule has 3 nitrogen and oxygen atoms in total. The molecule has 0 saturated heterocycles. The number of ether oxygens (including phenoxy) is 1. The summed E-state index contributed by atoms with van der Waals surface area (Å²) in [5, 5.41) is 13.4. The molecule has 0 spiro atoms. The number of rotatable bonds is 9. The fourth-order valence-electron chi connectivity index (χ4n) is 2.01. The molecular weight excluding hydrogens is 318 g/mol. The van der Waals surface area contributed by atoms with Gasteiger partial charge in [-0.2, -0.15) is 0 Å². The molecule has 1 unspecified atom stereocenters. The van der Waals surface area contributed by atoms with Gasteiger partial charge in [-0.1, -0.05) is 36.7 Å². The Hall–Kier alpha value is -0.580. The Labute approximate surface area is 130 Å². The van der Waals surface area contributed by atoms with Gasteiger partial charge in [-0.25, -0.2) is 0 Å². The van der Waals surface area contributed by atoms with Crippen molar-refractivity contribution in [2.24, 2.45) is 5.92 Å². The molecule has 0 aliphatic heterocycles. The predicted molar refractivity (Wildman–Crippen MR) is 87.1 cm³/mol. The Balaban J connectivity index is 2.38. The van der Waals surface area contributed by atoms with Crippen molar-refractivity contribution in [2.75, 3.05) is 19.8 Å². The molecule has 0 heterocycles. The van der Waals surface area contributed by atoms with Crippen LogP contribution in [0, 0.1) is 5.92 Å². The monoisotopic (exact) mass is 343 g/mol. The molecule has 1 atom stereocenters. The highest BCUT2D eigenvalue weighted by molar-refractivity contribution is 9.10. The average molecular weight is 344 g/mol. The summed E-state index contributed by atoms with van der Waals surface area (Å²) in [5.74, 6) is 1.03. The summed E-state index contributed by atoms with van der Waals surface area (Å²) in [6.07, 6.45) is 2.03. The van der Waals surface area contributed by atoms with Crippen molar-refractivity contribution in [3.8, 4) is 5.75 Å². The second-order valence-corrected chi connectivity index (χ2v) is 6.33. The van der Waals surface area contributed by atoms with Gasteiger partial charge in [0.05, 0.1) is 6.61 Å². The van der Waals surface area contributed by atoms with Gasteiger partial charge in [0, 0.05) is 29.2 Å². The largest absolute Gasteiger partial charge is 0.508 e. The third-order valence-electron chi connectivity index (χ3n) is 3.25. The highest BCUT2D eigenvalue weighted by Gasteiger charge is 2.13. The number of benzene rings is 1. The van der Waals surface area contributed by atoms with Gasteiger partial charge in [0.15, 0.2) is 0 Å². The molecule has 0 amide bonds. The minimum atomic E-state index is 0.154. The van der Waals surface area contributed by atoms with E-state index in [-0.39, 0.29) is 6.04 Å². The van der Waals surface area contributed by atoms with E-state index in [4.69, 9.17) is 4.74 Å². The lowest BCUT2D eigenvalue weighted by molar-refractivity contribution is 0.123. The maximum atomic E-state index is 9.95. The van der Waals surface area contributed by atoms with Crippen LogP contribution in [-0.4, -0.2) is 24.9 Å². The van der Waals surface area contributed by atoms with E-state index >= 15 is 0 Å². The Morgan fingerprint density at radius 3 is 2.70 bits per heavy atom. The molecule has 1 rings (SSSR count). The molecule has 1 aromatic carbocycles. The van der Waals surface area contributed by atoms with E-state index in [0.29, 0.717) is 18.3 Å². The van der Waals surface area contributed by atoms with E-state index in [0.717, 1.165) is 36.0 Å². The fourth-order valence-corrected chi connectivity index (χ4v) is 2.38. The van der Waals surface area contributed by atoms with Gasteiger partial charge in [0.2, 0.25) is 0 Å². The first-order chi connectivity index (χ1) is 9.54. The summed E-state index contributed by atoms with van der Waals surface area (Å²) >= 11 is 3.45. The molecule has 0 radical (unpaired) electrons. The molecule has 4 heteroatoms. The van der Waals surface area contributed by atoms with Crippen LogP contribution in [0.25, 0.3) is 0 Å². The van der Waals surface area contributed by atoms with E-state index in [2.05, 4.69) is 42.0 Å². The van der Waals surface area contributed by atoms with Gasteiger partial charge in [0.1, 0.15) is 5.75 Å². The van der Waals surface area contributed by atoms with Crippen LogP contribution in [0.5, 0.6) is 5.75 Å². The highest BCUT2D eigenvalue weighted by Crippen LogP contribution is 2.29. The second kappa shape index (κ2) is 9.37. The van der Waals surface area contributed by atoms with Gasteiger partial charge < -0.3 is 15.2 Å². The molecule has 0 aliphatic rings. The SMILES string of the molecule is CCC(NCCOCCC(C)C)c1cc(Br)ccc1O. The van der Waals surface area contributed by atoms with Crippen LogP contribution in [0.3, 0.4) is 0 Å². The van der Waals surface area contributed by atoms with E-state index in [1.165, 1.54) is 0 Å². The van der Waals surface area contributed by atoms with Gasteiger partial charge in [-0.05, 0) is 37.0 Å². The van der Waals surface area contributed by atoms with Crippen molar-refractivity contribution in [3.05, 3.63) is 28.2 Å². The third-order valence-corrected chi connectivity index (χ3v) is 3.74. The summed E-state index contributed by atoms with van der Waals surface area (Å²) < 4.78 is 6.58.